The van der Waals surface area contributed by atoms with Crippen LogP contribution in [0.25, 0.3) is 0 Å². The summed E-state index contributed by atoms with van der Waals surface area (Å²) in [6, 6.07) is 17.6. The van der Waals surface area contributed by atoms with E-state index >= 15 is 0 Å². The number of anilines is 1. The quantitative estimate of drug-likeness (QED) is 0.269. The second-order valence-corrected chi connectivity index (χ2v) is 12.4. The molecule has 0 aliphatic carbocycles. The van der Waals surface area contributed by atoms with E-state index in [0.29, 0.717) is 13.0 Å². The van der Waals surface area contributed by atoms with Gasteiger partial charge in [-0.05, 0) is 62.6 Å². The van der Waals surface area contributed by atoms with E-state index in [1.54, 1.807) is 18.2 Å². The minimum Gasteiger partial charge on any atom is -0.354 e. The molecule has 2 amide bonds. The maximum atomic E-state index is 14.1. The molecule has 0 aromatic heterocycles. The Bertz CT molecular complexity index is 1450. The van der Waals surface area contributed by atoms with Gasteiger partial charge in [0.15, 0.2) is 0 Å². The third kappa shape index (κ3) is 7.77. The Balaban J connectivity index is 2.10. The molecular formula is C30H35Cl2N3O4S. The molecule has 10 heteroatoms. The number of hydrogen-bond donors (Lipinski definition) is 1. The number of halogens is 2. The molecule has 3 aromatic carbocycles. The van der Waals surface area contributed by atoms with Crippen LogP contribution < -0.4 is 9.62 Å². The molecule has 7 nitrogen and oxygen atoms in total. The summed E-state index contributed by atoms with van der Waals surface area (Å²) < 4.78 is 28.9. The van der Waals surface area contributed by atoms with Crippen molar-refractivity contribution in [3.63, 3.8) is 0 Å². The van der Waals surface area contributed by atoms with Gasteiger partial charge in [0, 0.05) is 18.1 Å². The fourth-order valence-electron chi connectivity index (χ4n) is 4.32. The number of benzene rings is 3. The third-order valence-corrected chi connectivity index (χ3v) is 8.76. The highest BCUT2D eigenvalue weighted by Crippen LogP contribution is 2.33. The van der Waals surface area contributed by atoms with Gasteiger partial charge in [0.2, 0.25) is 11.8 Å². The number of rotatable bonds is 12. The molecule has 0 bridgehead atoms. The van der Waals surface area contributed by atoms with Crippen molar-refractivity contribution in [1.29, 1.82) is 0 Å². The van der Waals surface area contributed by atoms with Gasteiger partial charge in [-0.3, -0.25) is 13.9 Å². The average molecular weight is 605 g/mol. The van der Waals surface area contributed by atoms with E-state index in [-0.39, 0.29) is 33.1 Å². The van der Waals surface area contributed by atoms with Crippen LogP contribution in [-0.2, 0) is 26.2 Å². The largest absolute Gasteiger partial charge is 0.354 e. The number of nitrogens with one attached hydrogen (secondary N) is 1. The summed E-state index contributed by atoms with van der Waals surface area (Å²) in [4.78, 5) is 28.7. The maximum absolute atomic E-state index is 14.1. The lowest BCUT2D eigenvalue weighted by Crippen LogP contribution is -2.52. The fraction of sp³-hybridized carbons (Fsp3) is 0.333. The first-order valence-corrected chi connectivity index (χ1v) is 15.3. The van der Waals surface area contributed by atoms with E-state index in [4.69, 9.17) is 23.2 Å². The summed E-state index contributed by atoms with van der Waals surface area (Å²) in [5, 5.41) is 3.25. The topological polar surface area (TPSA) is 86.8 Å². The molecule has 40 heavy (non-hydrogen) atoms. The first-order valence-electron chi connectivity index (χ1n) is 13.1. The van der Waals surface area contributed by atoms with Crippen molar-refractivity contribution in [3.8, 4) is 0 Å². The van der Waals surface area contributed by atoms with Crippen LogP contribution in [0.5, 0.6) is 0 Å². The lowest BCUT2D eigenvalue weighted by atomic mass is 10.1. The second kappa shape index (κ2) is 14.0. The van der Waals surface area contributed by atoms with Crippen molar-refractivity contribution in [2.45, 2.75) is 58.0 Å². The van der Waals surface area contributed by atoms with E-state index in [1.807, 2.05) is 52.0 Å². The van der Waals surface area contributed by atoms with Crippen molar-refractivity contribution in [1.82, 2.24) is 10.2 Å². The number of nitrogens with zero attached hydrogens (tertiary/aromatic N) is 2. The van der Waals surface area contributed by atoms with Crippen molar-refractivity contribution in [3.05, 3.63) is 93.5 Å². The zero-order chi connectivity index (χ0) is 29.4. The van der Waals surface area contributed by atoms with Crippen molar-refractivity contribution >= 4 is 50.7 Å². The lowest BCUT2D eigenvalue weighted by molar-refractivity contribution is -0.140. The summed E-state index contributed by atoms with van der Waals surface area (Å²) in [5.74, 6) is -0.842. The van der Waals surface area contributed by atoms with E-state index in [1.165, 1.54) is 29.2 Å². The summed E-state index contributed by atoms with van der Waals surface area (Å²) in [5.41, 5.74) is 2.78. The maximum Gasteiger partial charge on any atom is 0.264 e. The minimum absolute atomic E-state index is 0.0000864. The second-order valence-electron chi connectivity index (χ2n) is 9.65. The Morgan fingerprint density at radius 1 is 0.925 bits per heavy atom. The van der Waals surface area contributed by atoms with Crippen LogP contribution in [0.3, 0.4) is 0 Å². The predicted octanol–water partition coefficient (Wildman–Crippen LogP) is 6.14. The van der Waals surface area contributed by atoms with Gasteiger partial charge in [0.05, 0.1) is 15.6 Å². The minimum atomic E-state index is -4.24. The molecule has 0 fully saturated rings. The van der Waals surface area contributed by atoms with E-state index in [2.05, 4.69) is 5.32 Å². The van der Waals surface area contributed by atoms with E-state index < -0.39 is 28.5 Å². The third-order valence-electron chi connectivity index (χ3n) is 6.44. The number of sulfonamides is 1. The van der Waals surface area contributed by atoms with Crippen LogP contribution in [-0.4, -0.2) is 44.3 Å². The summed E-state index contributed by atoms with van der Waals surface area (Å²) >= 11 is 12.7. The number of aryl methyl sites for hydroxylation is 2. The highest BCUT2D eigenvalue weighted by molar-refractivity contribution is 7.92. The molecule has 1 N–H and O–H groups in total. The molecule has 0 aliphatic rings. The summed E-state index contributed by atoms with van der Waals surface area (Å²) in [6.45, 7) is 7.57. The Labute approximate surface area is 247 Å². The highest BCUT2D eigenvalue weighted by atomic mass is 35.5. The Kier molecular flexibility index (Phi) is 11.0. The smallest absolute Gasteiger partial charge is 0.264 e. The first kappa shape index (κ1) is 31.5. The highest BCUT2D eigenvalue weighted by Gasteiger charge is 2.34. The zero-order valence-corrected chi connectivity index (χ0v) is 25.5. The van der Waals surface area contributed by atoms with Crippen molar-refractivity contribution < 1.29 is 18.0 Å². The summed E-state index contributed by atoms with van der Waals surface area (Å²) in [7, 11) is -4.24. The first-order chi connectivity index (χ1) is 19.0. The van der Waals surface area contributed by atoms with Crippen LogP contribution >= 0.6 is 23.2 Å². The monoisotopic (exact) mass is 603 g/mol. The van der Waals surface area contributed by atoms with Crippen LogP contribution in [0.2, 0.25) is 10.0 Å². The number of carbonyl (C=O) groups excluding carboxylic acids is 2. The van der Waals surface area contributed by atoms with E-state index in [9.17, 15) is 18.0 Å². The Morgan fingerprint density at radius 3 is 2.25 bits per heavy atom. The van der Waals surface area contributed by atoms with Gasteiger partial charge >= 0.3 is 0 Å². The molecule has 3 aromatic rings. The molecular weight excluding hydrogens is 569 g/mol. The van der Waals surface area contributed by atoms with Gasteiger partial charge in [-0.1, -0.05) is 84.6 Å². The van der Waals surface area contributed by atoms with Crippen LogP contribution in [0.1, 0.15) is 43.4 Å². The molecule has 0 radical (unpaired) electrons. The van der Waals surface area contributed by atoms with Gasteiger partial charge in [-0.25, -0.2) is 8.42 Å². The van der Waals surface area contributed by atoms with Gasteiger partial charge < -0.3 is 10.2 Å². The molecule has 0 saturated carbocycles. The van der Waals surface area contributed by atoms with Crippen LogP contribution in [0.4, 0.5) is 5.69 Å². The SMILES string of the molecule is CCCNC(=O)C(CC)N(Cc1cccc(C)c1)C(=O)CN(c1cc(Cl)ccc1Cl)S(=O)(=O)c1ccc(C)cc1. The normalized spacial score (nSPS) is 12.1. The molecule has 1 unspecified atom stereocenters. The average Bonchev–Trinajstić information content (AvgIpc) is 2.92. The molecule has 0 saturated heterocycles. The van der Waals surface area contributed by atoms with Gasteiger partial charge in [-0.15, -0.1) is 0 Å². The molecule has 0 spiro atoms. The van der Waals surface area contributed by atoms with Gasteiger partial charge in [-0.2, -0.15) is 0 Å². The Morgan fingerprint density at radius 2 is 1.62 bits per heavy atom. The molecule has 0 aliphatic heterocycles. The van der Waals surface area contributed by atoms with Crippen LogP contribution in [0.15, 0.2) is 71.6 Å². The number of hydrogen-bond acceptors (Lipinski definition) is 4. The zero-order valence-electron chi connectivity index (χ0n) is 23.2. The van der Waals surface area contributed by atoms with Crippen molar-refractivity contribution in [2.75, 3.05) is 17.4 Å². The molecule has 0 heterocycles. The number of carbonyl (C=O) groups is 2. The molecule has 214 valence electrons. The lowest BCUT2D eigenvalue weighted by Gasteiger charge is -2.33. The molecule has 3 rings (SSSR count). The summed E-state index contributed by atoms with van der Waals surface area (Å²) in [6.07, 6.45) is 1.08. The molecule has 1 atom stereocenters. The standard InChI is InChI=1S/C30H35Cl2N3O4S/c1-5-16-33-30(37)27(6-2)34(19-23-9-7-8-22(4)17-23)29(36)20-35(28-18-24(31)12-15-26(28)32)40(38,39)25-13-10-21(3)11-14-25/h7-15,17-18,27H,5-6,16,19-20H2,1-4H3,(H,33,37). The van der Waals surface area contributed by atoms with Gasteiger partial charge in [0.1, 0.15) is 12.6 Å². The Hall–Kier alpha value is -3.07. The van der Waals surface area contributed by atoms with Gasteiger partial charge in [0.25, 0.3) is 10.0 Å². The van der Waals surface area contributed by atoms with E-state index in [0.717, 1.165) is 27.4 Å². The van der Waals surface area contributed by atoms with Crippen LogP contribution in [0, 0.1) is 13.8 Å². The fourth-order valence-corrected chi connectivity index (χ4v) is 6.18. The van der Waals surface area contributed by atoms with Crippen molar-refractivity contribution in [2.24, 2.45) is 0 Å². The predicted molar refractivity (Wildman–Crippen MR) is 161 cm³/mol. The number of amides is 2.